The fourth-order valence-corrected chi connectivity index (χ4v) is 3.25. The van der Waals surface area contributed by atoms with Crippen LogP contribution in [0.4, 0.5) is 0 Å². The van der Waals surface area contributed by atoms with Crippen LogP contribution in [0.3, 0.4) is 0 Å². The summed E-state index contributed by atoms with van der Waals surface area (Å²) in [6.45, 7) is 2.97. The number of nitrogens with one attached hydrogen (secondary N) is 1. The largest absolute Gasteiger partial charge is 0.465 e. The van der Waals surface area contributed by atoms with Gasteiger partial charge in [0.05, 0.1) is 24.6 Å². The number of rotatable bonds is 6. The van der Waals surface area contributed by atoms with Crippen molar-refractivity contribution in [2.75, 3.05) is 33.0 Å². The molecule has 1 aromatic heterocycles. The summed E-state index contributed by atoms with van der Waals surface area (Å²) < 4.78 is 29.6. The molecule has 0 radical (unpaired) electrons. The average Bonchev–Trinajstić information content (AvgIpc) is 2.53. The van der Waals surface area contributed by atoms with Crippen LogP contribution in [0.1, 0.15) is 28.9 Å². The first kappa shape index (κ1) is 17.8. The lowest BCUT2D eigenvalue weighted by molar-refractivity contribution is 0.0600. The molecule has 0 bridgehead atoms. The molecule has 2 rings (SSSR count). The van der Waals surface area contributed by atoms with Crippen molar-refractivity contribution >= 4 is 16.0 Å². The minimum absolute atomic E-state index is 0.313. The number of nitrogens with zero attached hydrogens (tertiary/aromatic N) is 2. The van der Waals surface area contributed by atoms with E-state index in [1.54, 1.807) is 6.07 Å². The van der Waals surface area contributed by atoms with E-state index in [0.717, 1.165) is 31.6 Å². The summed E-state index contributed by atoms with van der Waals surface area (Å²) >= 11 is 0. The zero-order valence-electron chi connectivity index (χ0n) is 13.5. The third-order valence-electron chi connectivity index (χ3n) is 3.87. The molecule has 7 nitrogen and oxygen atoms in total. The maximum atomic E-state index is 11.4. The Hall–Kier alpha value is -1.51. The number of ether oxygens (including phenoxy) is 1. The van der Waals surface area contributed by atoms with E-state index >= 15 is 0 Å². The van der Waals surface area contributed by atoms with Crippen LogP contribution in [0.5, 0.6) is 0 Å². The second-order valence-corrected chi connectivity index (χ2v) is 7.73. The molecule has 23 heavy (non-hydrogen) atoms. The Balaban J connectivity index is 1.88. The normalized spacial score (nSPS) is 19.5. The third kappa shape index (κ3) is 5.89. The number of carbonyl (C=O) groups is 1. The van der Waals surface area contributed by atoms with Crippen molar-refractivity contribution in [3.05, 3.63) is 29.6 Å². The van der Waals surface area contributed by atoms with Gasteiger partial charge in [-0.15, -0.1) is 0 Å². The molecule has 128 valence electrons. The molecule has 1 N–H and O–H groups in total. The Bertz CT molecular complexity index is 631. The molecule has 1 aliphatic rings. The predicted molar refractivity (Wildman–Crippen MR) is 86.4 cm³/mol. The first-order chi connectivity index (χ1) is 10.9. The van der Waals surface area contributed by atoms with E-state index in [2.05, 4.69) is 19.3 Å². The fraction of sp³-hybridized carbons (Fsp3) is 0.600. The molecule has 1 fully saturated rings. The van der Waals surface area contributed by atoms with E-state index in [1.165, 1.54) is 19.6 Å². The zero-order valence-corrected chi connectivity index (χ0v) is 14.3. The van der Waals surface area contributed by atoms with Crippen LogP contribution in [0.2, 0.25) is 0 Å². The monoisotopic (exact) mass is 341 g/mol. The number of hydrogen-bond acceptors (Lipinski definition) is 6. The van der Waals surface area contributed by atoms with Crippen molar-refractivity contribution in [3.63, 3.8) is 0 Å². The van der Waals surface area contributed by atoms with Crippen molar-refractivity contribution in [1.82, 2.24) is 14.6 Å². The molecule has 0 unspecified atom stereocenters. The number of sulfonamides is 1. The molecule has 1 aliphatic heterocycles. The number of methoxy groups -OCH3 is 1. The maximum Gasteiger partial charge on any atom is 0.339 e. The van der Waals surface area contributed by atoms with Gasteiger partial charge in [-0.25, -0.2) is 17.9 Å². The van der Waals surface area contributed by atoms with Gasteiger partial charge < -0.3 is 4.74 Å². The van der Waals surface area contributed by atoms with E-state index in [1.807, 2.05) is 6.07 Å². The molecule has 0 aromatic carbocycles. The SMILES string of the molecule is COC(=O)c1ccc(CN2CCC[C@H](CNS(C)(=O)=O)C2)nc1. The van der Waals surface area contributed by atoms with Gasteiger partial charge in [0.1, 0.15) is 0 Å². The van der Waals surface area contributed by atoms with Crippen LogP contribution in [-0.2, 0) is 21.3 Å². The second-order valence-electron chi connectivity index (χ2n) is 5.89. The summed E-state index contributed by atoms with van der Waals surface area (Å²) in [7, 11) is -1.80. The van der Waals surface area contributed by atoms with Crippen LogP contribution >= 0.6 is 0 Å². The molecule has 0 aliphatic carbocycles. The van der Waals surface area contributed by atoms with Gasteiger partial charge >= 0.3 is 5.97 Å². The summed E-state index contributed by atoms with van der Waals surface area (Å²) in [6.07, 6.45) is 4.76. The van der Waals surface area contributed by atoms with Crippen molar-refractivity contribution in [1.29, 1.82) is 0 Å². The standard InChI is InChI=1S/C15H23N3O4S/c1-22-15(19)13-5-6-14(16-9-13)11-18-7-3-4-12(10-18)8-17-23(2,20)21/h5-6,9,12,17H,3-4,7-8,10-11H2,1-2H3/t12-/m1/s1. The number of esters is 1. The number of aromatic nitrogens is 1. The lowest BCUT2D eigenvalue weighted by atomic mass is 9.98. The minimum Gasteiger partial charge on any atom is -0.465 e. The van der Waals surface area contributed by atoms with Gasteiger partial charge in [-0.05, 0) is 37.4 Å². The van der Waals surface area contributed by atoms with Crippen LogP contribution in [0.25, 0.3) is 0 Å². The average molecular weight is 341 g/mol. The molecular formula is C15H23N3O4S. The maximum absolute atomic E-state index is 11.4. The summed E-state index contributed by atoms with van der Waals surface area (Å²) in [6, 6.07) is 3.53. The van der Waals surface area contributed by atoms with Crippen molar-refractivity contribution in [2.45, 2.75) is 19.4 Å². The van der Waals surface area contributed by atoms with Gasteiger partial charge in [0, 0.05) is 25.8 Å². The second kappa shape index (κ2) is 7.85. The van der Waals surface area contributed by atoms with Crippen molar-refractivity contribution in [2.24, 2.45) is 5.92 Å². The predicted octanol–water partition coefficient (Wildman–Crippen LogP) is 0.629. The molecule has 0 spiro atoms. The van der Waals surface area contributed by atoms with E-state index < -0.39 is 16.0 Å². The van der Waals surface area contributed by atoms with Crippen LogP contribution < -0.4 is 4.72 Å². The molecule has 1 saturated heterocycles. The number of likely N-dealkylation sites (tertiary alicyclic amines) is 1. The number of piperidine rings is 1. The first-order valence-electron chi connectivity index (χ1n) is 7.57. The summed E-state index contributed by atoms with van der Waals surface area (Å²) in [4.78, 5) is 17.9. The highest BCUT2D eigenvalue weighted by Crippen LogP contribution is 2.18. The topological polar surface area (TPSA) is 88.6 Å². The van der Waals surface area contributed by atoms with Crippen molar-refractivity contribution < 1.29 is 17.9 Å². The smallest absolute Gasteiger partial charge is 0.339 e. The fourth-order valence-electron chi connectivity index (χ4n) is 2.72. The minimum atomic E-state index is -3.14. The molecule has 1 aromatic rings. The van der Waals surface area contributed by atoms with Crippen LogP contribution in [-0.4, -0.2) is 57.3 Å². The number of carbonyl (C=O) groups excluding carboxylic acids is 1. The van der Waals surface area contributed by atoms with Crippen LogP contribution in [0, 0.1) is 5.92 Å². The summed E-state index contributed by atoms with van der Waals surface area (Å²) in [5.74, 6) is -0.0817. The Kier molecular flexibility index (Phi) is 6.09. The highest BCUT2D eigenvalue weighted by molar-refractivity contribution is 7.88. The first-order valence-corrected chi connectivity index (χ1v) is 9.47. The van der Waals surface area contributed by atoms with Crippen molar-refractivity contribution in [3.8, 4) is 0 Å². The Morgan fingerprint density at radius 2 is 2.26 bits per heavy atom. The quantitative estimate of drug-likeness (QED) is 0.764. The van der Waals surface area contributed by atoms with E-state index in [0.29, 0.717) is 24.6 Å². The Morgan fingerprint density at radius 1 is 1.48 bits per heavy atom. The lowest BCUT2D eigenvalue weighted by Crippen LogP contribution is -2.40. The summed E-state index contributed by atoms with van der Waals surface area (Å²) in [5, 5.41) is 0. The molecular weight excluding hydrogens is 318 g/mol. The zero-order chi connectivity index (χ0) is 16.9. The molecule has 2 heterocycles. The van der Waals surface area contributed by atoms with Gasteiger partial charge in [-0.1, -0.05) is 0 Å². The number of hydrogen-bond donors (Lipinski definition) is 1. The highest BCUT2D eigenvalue weighted by Gasteiger charge is 2.21. The third-order valence-corrected chi connectivity index (χ3v) is 4.56. The van der Waals surface area contributed by atoms with E-state index in [4.69, 9.17) is 0 Å². The van der Waals surface area contributed by atoms with Crippen LogP contribution in [0.15, 0.2) is 18.3 Å². The number of pyridine rings is 1. The van der Waals surface area contributed by atoms with E-state index in [9.17, 15) is 13.2 Å². The van der Waals surface area contributed by atoms with Gasteiger partial charge in [-0.2, -0.15) is 0 Å². The van der Waals surface area contributed by atoms with Gasteiger partial charge in [0.2, 0.25) is 10.0 Å². The van der Waals surface area contributed by atoms with E-state index in [-0.39, 0.29) is 0 Å². The summed E-state index contributed by atoms with van der Waals surface area (Å²) in [5.41, 5.74) is 1.32. The lowest BCUT2D eigenvalue weighted by Gasteiger charge is -2.32. The van der Waals surface area contributed by atoms with Gasteiger partial charge in [0.25, 0.3) is 0 Å². The molecule has 1 atom stereocenters. The molecule has 0 amide bonds. The Labute approximate surface area is 137 Å². The van der Waals surface area contributed by atoms with Gasteiger partial charge in [-0.3, -0.25) is 9.88 Å². The molecule has 8 heteroatoms. The molecule has 0 saturated carbocycles. The Morgan fingerprint density at radius 3 is 2.87 bits per heavy atom. The van der Waals surface area contributed by atoms with Gasteiger partial charge in [0.15, 0.2) is 0 Å². The highest BCUT2D eigenvalue weighted by atomic mass is 32.2.